The second-order valence-corrected chi connectivity index (χ2v) is 4.88. The van der Waals surface area contributed by atoms with Crippen molar-refractivity contribution < 1.29 is 23.5 Å². The molecule has 1 aromatic heterocycles. The standard InChI is InChI=1S/C16H19NO5/c1-9-14(19-4)6-12(7-15(9)20-5)16(18)21-8-13-10(2)17-22-11(13)3/h6-7H,8H2,1-5H3. The predicted molar refractivity (Wildman–Crippen MR) is 79.4 cm³/mol. The quantitative estimate of drug-likeness (QED) is 0.791. The first kappa shape index (κ1) is 15.9. The smallest absolute Gasteiger partial charge is 0.338 e. The summed E-state index contributed by atoms with van der Waals surface area (Å²) in [6, 6.07) is 3.26. The van der Waals surface area contributed by atoms with Crippen LogP contribution in [0.4, 0.5) is 0 Å². The van der Waals surface area contributed by atoms with Gasteiger partial charge in [0.15, 0.2) is 0 Å². The van der Waals surface area contributed by atoms with Crippen LogP contribution in [0.25, 0.3) is 0 Å². The predicted octanol–water partition coefficient (Wildman–Crippen LogP) is 2.97. The molecule has 0 aliphatic rings. The molecule has 0 fully saturated rings. The van der Waals surface area contributed by atoms with Crippen molar-refractivity contribution in [3.05, 3.63) is 40.3 Å². The lowest BCUT2D eigenvalue weighted by molar-refractivity contribution is 0.0470. The van der Waals surface area contributed by atoms with E-state index in [4.69, 9.17) is 18.7 Å². The molecular formula is C16H19NO5. The van der Waals surface area contributed by atoms with Crippen molar-refractivity contribution in [2.45, 2.75) is 27.4 Å². The highest BCUT2D eigenvalue weighted by atomic mass is 16.5. The van der Waals surface area contributed by atoms with Gasteiger partial charge in [-0.25, -0.2) is 4.79 Å². The summed E-state index contributed by atoms with van der Waals surface area (Å²) in [5.74, 6) is 1.33. The van der Waals surface area contributed by atoms with E-state index < -0.39 is 5.97 Å². The normalized spacial score (nSPS) is 10.4. The van der Waals surface area contributed by atoms with Gasteiger partial charge in [-0.2, -0.15) is 0 Å². The molecule has 6 heteroatoms. The Morgan fingerprint density at radius 1 is 1.14 bits per heavy atom. The van der Waals surface area contributed by atoms with Gasteiger partial charge in [-0.15, -0.1) is 0 Å². The molecule has 0 amide bonds. The molecule has 0 unspecified atom stereocenters. The van der Waals surface area contributed by atoms with Gasteiger partial charge in [-0.3, -0.25) is 0 Å². The minimum atomic E-state index is -0.461. The van der Waals surface area contributed by atoms with Crippen LogP contribution in [0.3, 0.4) is 0 Å². The van der Waals surface area contributed by atoms with Gasteiger partial charge < -0.3 is 18.7 Å². The molecule has 0 saturated carbocycles. The first-order chi connectivity index (χ1) is 10.5. The first-order valence-corrected chi connectivity index (χ1v) is 6.79. The number of aromatic nitrogens is 1. The molecule has 118 valence electrons. The second-order valence-electron chi connectivity index (χ2n) is 4.88. The molecule has 2 aromatic rings. The van der Waals surface area contributed by atoms with E-state index in [1.165, 1.54) is 0 Å². The van der Waals surface area contributed by atoms with Crippen LogP contribution in [-0.2, 0) is 11.3 Å². The molecule has 0 bridgehead atoms. The molecule has 0 aliphatic heterocycles. The summed E-state index contributed by atoms with van der Waals surface area (Å²) in [6.45, 7) is 5.55. The Morgan fingerprint density at radius 3 is 2.18 bits per heavy atom. The monoisotopic (exact) mass is 305 g/mol. The lowest BCUT2D eigenvalue weighted by Gasteiger charge is -2.12. The molecule has 0 N–H and O–H groups in total. The average molecular weight is 305 g/mol. The maximum atomic E-state index is 12.2. The van der Waals surface area contributed by atoms with Crippen LogP contribution in [0.5, 0.6) is 11.5 Å². The Kier molecular flexibility index (Phi) is 4.70. The highest BCUT2D eigenvalue weighted by Crippen LogP contribution is 2.30. The fourth-order valence-electron chi connectivity index (χ4n) is 2.13. The SMILES string of the molecule is COc1cc(C(=O)OCc2c(C)noc2C)cc(OC)c1C. The number of hydrogen-bond acceptors (Lipinski definition) is 6. The van der Waals surface area contributed by atoms with E-state index in [1.807, 2.05) is 6.92 Å². The zero-order chi connectivity index (χ0) is 16.3. The van der Waals surface area contributed by atoms with E-state index in [9.17, 15) is 4.79 Å². The minimum absolute atomic E-state index is 0.110. The van der Waals surface area contributed by atoms with E-state index in [0.29, 0.717) is 28.5 Å². The van der Waals surface area contributed by atoms with Crippen LogP contribution in [0.2, 0.25) is 0 Å². The van der Waals surface area contributed by atoms with Crippen molar-refractivity contribution in [3.63, 3.8) is 0 Å². The zero-order valence-corrected chi connectivity index (χ0v) is 13.4. The van der Waals surface area contributed by atoms with Crippen molar-refractivity contribution in [2.24, 2.45) is 0 Å². The number of nitrogens with zero attached hydrogens (tertiary/aromatic N) is 1. The van der Waals surface area contributed by atoms with Crippen molar-refractivity contribution in [1.29, 1.82) is 0 Å². The zero-order valence-electron chi connectivity index (χ0n) is 13.4. The Morgan fingerprint density at radius 2 is 1.73 bits per heavy atom. The summed E-state index contributed by atoms with van der Waals surface area (Å²) in [6.07, 6.45) is 0. The number of carbonyl (C=O) groups excluding carboxylic acids is 1. The second kappa shape index (κ2) is 6.51. The van der Waals surface area contributed by atoms with Crippen molar-refractivity contribution >= 4 is 5.97 Å². The van der Waals surface area contributed by atoms with Crippen LogP contribution in [0.15, 0.2) is 16.7 Å². The van der Waals surface area contributed by atoms with E-state index in [0.717, 1.165) is 11.1 Å². The molecule has 0 spiro atoms. The number of carbonyl (C=O) groups is 1. The molecule has 0 aliphatic carbocycles. The Labute approximate surface area is 129 Å². The van der Waals surface area contributed by atoms with Gasteiger partial charge in [-0.1, -0.05) is 5.16 Å². The summed E-state index contributed by atoms with van der Waals surface area (Å²) in [4.78, 5) is 12.2. The highest BCUT2D eigenvalue weighted by molar-refractivity contribution is 5.90. The molecule has 0 radical (unpaired) electrons. The van der Waals surface area contributed by atoms with Gasteiger partial charge >= 0.3 is 5.97 Å². The number of methoxy groups -OCH3 is 2. The van der Waals surface area contributed by atoms with Crippen LogP contribution in [0.1, 0.15) is 32.9 Å². The maximum absolute atomic E-state index is 12.2. The number of benzene rings is 1. The number of ether oxygens (including phenoxy) is 3. The number of esters is 1. The molecule has 22 heavy (non-hydrogen) atoms. The Bertz CT molecular complexity index is 645. The summed E-state index contributed by atoms with van der Waals surface area (Å²) >= 11 is 0. The Hall–Kier alpha value is -2.50. The van der Waals surface area contributed by atoms with Crippen molar-refractivity contribution in [3.8, 4) is 11.5 Å². The number of hydrogen-bond donors (Lipinski definition) is 0. The summed E-state index contributed by atoms with van der Waals surface area (Å²) < 4.78 is 20.9. The van der Waals surface area contributed by atoms with E-state index in [-0.39, 0.29) is 6.61 Å². The maximum Gasteiger partial charge on any atom is 0.338 e. The molecule has 6 nitrogen and oxygen atoms in total. The first-order valence-electron chi connectivity index (χ1n) is 6.79. The largest absolute Gasteiger partial charge is 0.496 e. The third kappa shape index (κ3) is 3.05. The fourth-order valence-corrected chi connectivity index (χ4v) is 2.13. The molecule has 0 atom stereocenters. The summed E-state index contributed by atoms with van der Waals surface area (Å²) in [5, 5.41) is 3.83. The van der Waals surface area contributed by atoms with Crippen molar-refractivity contribution in [2.75, 3.05) is 14.2 Å². The Balaban J connectivity index is 2.19. The van der Waals surface area contributed by atoms with Gasteiger partial charge in [0, 0.05) is 5.56 Å². The third-order valence-electron chi connectivity index (χ3n) is 3.52. The molecular weight excluding hydrogens is 286 g/mol. The lowest BCUT2D eigenvalue weighted by atomic mass is 10.1. The van der Waals surface area contributed by atoms with Gasteiger partial charge in [-0.05, 0) is 32.9 Å². The van der Waals surface area contributed by atoms with E-state index in [1.54, 1.807) is 40.2 Å². The molecule has 1 aromatic carbocycles. The van der Waals surface area contributed by atoms with Gasteiger partial charge in [0.25, 0.3) is 0 Å². The summed E-state index contributed by atoms with van der Waals surface area (Å²) in [5.41, 5.74) is 2.68. The van der Waals surface area contributed by atoms with Crippen LogP contribution >= 0.6 is 0 Å². The number of rotatable bonds is 5. The minimum Gasteiger partial charge on any atom is -0.496 e. The molecule has 1 heterocycles. The topological polar surface area (TPSA) is 70.8 Å². The lowest BCUT2D eigenvalue weighted by Crippen LogP contribution is -2.07. The summed E-state index contributed by atoms with van der Waals surface area (Å²) in [7, 11) is 3.08. The number of aryl methyl sites for hydroxylation is 2. The van der Waals surface area contributed by atoms with E-state index >= 15 is 0 Å². The van der Waals surface area contributed by atoms with Gasteiger partial charge in [0.2, 0.25) is 0 Å². The van der Waals surface area contributed by atoms with E-state index in [2.05, 4.69) is 5.16 Å². The molecule has 0 saturated heterocycles. The third-order valence-corrected chi connectivity index (χ3v) is 3.52. The molecule has 2 rings (SSSR count). The van der Waals surface area contributed by atoms with Gasteiger partial charge in [0.1, 0.15) is 23.9 Å². The van der Waals surface area contributed by atoms with Gasteiger partial charge in [0.05, 0.1) is 31.0 Å². The average Bonchev–Trinajstić information content (AvgIpc) is 2.83. The fraction of sp³-hybridized carbons (Fsp3) is 0.375. The van der Waals surface area contributed by atoms with Crippen LogP contribution < -0.4 is 9.47 Å². The van der Waals surface area contributed by atoms with Crippen LogP contribution in [0, 0.1) is 20.8 Å². The van der Waals surface area contributed by atoms with Crippen molar-refractivity contribution in [1.82, 2.24) is 5.16 Å². The highest BCUT2D eigenvalue weighted by Gasteiger charge is 2.16. The van der Waals surface area contributed by atoms with Crippen LogP contribution in [-0.4, -0.2) is 25.3 Å².